The van der Waals surface area contributed by atoms with Crippen molar-refractivity contribution in [3.8, 4) is 5.75 Å². The molecule has 2 rings (SSSR count). The summed E-state index contributed by atoms with van der Waals surface area (Å²) >= 11 is 0. The molecule has 1 aliphatic rings. The smallest absolute Gasteiger partial charge is 0.125 e. The Labute approximate surface area is 109 Å². The van der Waals surface area contributed by atoms with Gasteiger partial charge in [0.1, 0.15) is 11.9 Å². The zero-order valence-corrected chi connectivity index (χ0v) is 11.2. The Morgan fingerprint density at radius 1 is 1.33 bits per heavy atom. The van der Waals surface area contributed by atoms with E-state index in [1.807, 2.05) is 24.3 Å². The van der Waals surface area contributed by atoms with Crippen molar-refractivity contribution in [3.63, 3.8) is 0 Å². The van der Waals surface area contributed by atoms with Gasteiger partial charge in [-0.15, -0.1) is 0 Å². The normalized spacial score (nSPS) is 19.1. The predicted octanol–water partition coefficient (Wildman–Crippen LogP) is 3.08. The van der Waals surface area contributed by atoms with Gasteiger partial charge in [0.2, 0.25) is 0 Å². The number of ether oxygens (including phenoxy) is 2. The van der Waals surface area contributed by atoms with E-state index < -0.39 is 11.7 Å². The zero-order valence-electron chi connectivity index (χ0n) is 11.2. The van der Waals surface area contributed by atoms with Gasteiger partial charge in [0.25, 0.3) is 0 Å². The highest BCUT2D eigenvalue weighted by Crippen LogP contribution is 2.46. The van der Waals surface area contributed by atoms with Crippen molar-refractivity contribution in [1.29, 1.82) is 0 Å². The van der Waals surface area contributed by atoms with E-state index in [-0.39, 0.29) is 0 Å². The molecule has 100 valence electrons. The molecule has 0 spiro atoms. The number of aliphatic hydroxyl groups is 1. The lowest BCUT2D eigenvalue weighted by Crippen LogP contribution is -2.45. The Morgan fingerprint density at radius 2 is 2.06 bits per heavy atom. The molecule has 1 aliphatic carbocycles. The van der Waals surface area contributed by atoms with Gasteiger partial charge < -0.3 is 14.6 Å². The Kier molecular flexibility index (Phi) is 4.25. The van der Waals surface area contributed by atoms with Crippen molar-refractivity contribution in [2.75, 3.05) is 13.7 Å². The monoisotopic (exact) mass is 250 g/mol. The van der Waals surface area contributed by atoms with E-state index in [2.05, 4.69) is 6.92 Å². The van der Waals surface area contributed by atoms with Crippen LogP contribution in [0.15, 0.2) is 24.3 Å². The summed E-state index contributed by atoms with van der Waals surface area (Å²) in [5.74, 6) is 0.773. The summed E-state index contributed by atoms with van der Waals surface area (Å²) in [7, 11) is 1.68. The van der Waals surface area contributed by atoms with E-state index in [1.54, 1.807) is 7.11 Å². The molecule has 0 saturated heterocycles. The van der Waals surface area contributed by atoms with Gasteiger partial charge in [-0.25, -0.2) is 0 Å². The third-order valence-electron chi connectivity index (χ3n) is 3.78. The van der Waals surface area contributed by atoms with Gasteiger partial charge in [0.05, 0.1) is 12.2 Å². The molecule has 1 aromatic carbocycles. The molecule has 0 radical (unpaired) electrons. The second-order valence-corrected chi connectivity index (χ2v) is 4.91. The summed E-state index contributed by atoms with van der Waals surface area (Å²) in [5, 5.41) is 10.6. The van der Waals surface area contributed by atoms with Gasteiger partial charge >= 0.3 is 0 Å². The summed E-state index contributed by atoms with van der Waals surface area (Å²) < 4.78 is 11.2. The van der Waals surface area contributed by atoms with E-state index in [0.29, 0.717) is 6.61 Å². The number of benzene rings is 1. The first-order chi connectivity index (χ1) is 8.73. The highest BCUT2D eigenvalue weighted by molar-refractivity contribution is 5.37. The molecule has 3 heteroatoms. The molecule has 0 aromatic heterocycles. The maximum Gasteiger partial charge on any atom is 0.125 e. The lowest BCUT2D eigenvalue weighted by Gasteiger charge is -2.44. The Bertz CT molecular complexity index is 380. The molecular formula is C15H22O3. The topological polar surface area (TPSA) is 38.7 Å². The van der Waals surface area contributed by atoms with Crippen LogP contribution in [0.4, 0.5) is 0 Å². The molecule has 0 bridgehead atoms. The molecule has 1 N–H and O–H groups in total. The lowest BCUT2D eigenvalue weighted by atomic mass is 9.73. The van der Waals surface area contributed by atoms with Crippen LogP contribution in [-0.4, -0.2) is 24.4 Å². The van der Waals surface area contributed by atoms with Crippen LogP contribution in [-0.2, 0) is 4.74 Å². The fourth-order valence-electron chi connectivity index (χ4n) is 2.45. The molecule has 1 aromatic rings. The molecule has 18 heavy (non-hydrogen) atoms. The van der Waals surface area contributed by atoms with Crippen LogP contribution < -0.4 is 4.74 Å². The summed E-state index contributed by atoms with van der Waals surface area (Å²) in [4.78, 5) is 0. The highest BCUT2D eigenvalue weighted by atomic mass is 16.5. The van der Waals surface area contributed by atoms with Crippen LogP contribution in [0.25, 0.3) is 0 Å². The minimum Gasteiger partial charge on any atom is -0.493 e. The minimum atomic E-state index is -0.607. The van der Waals surface area contributed by atoms with Crippen molar-refractivity contribution in [1.82, 2.24) is 0 Å². The Morgan fingerprint density at radius 3 is 2.61 bits per heavy atom. The number of rotatable bonds is 6. The molecule has 3 nitrogen and oxygen atoms in total. The van der Waals surface area contributed by atoms with E-state index in [0.717, 1.165) is 37.0 Å². The van der Waals surface area contributed by atoms with E-state index in [1.165, 1.54) is 0 Å². The largest absolute Gasteiger partial charge is 0.493 e. The fraction of sp³-hybridized carbons (Fsp3) is 0.600. The number of hydrogen-bond donors (Lipinski definition) is 1. The van der Waals surface area contributed by atoms with Crippen LogP contribution in [0.5, 0.6) is 5.75 Å². The molecular weight excluding hydrogens is 228 g/mol. The molecule has 0 aliphatic heterocycles. The maximum absolute atomic E-state index is 10.6. The number of para-hydroxylation sites is 1. The van der Waals surface area contributed by atoms with Crippen LogP contribution in [0, 0.1) is 0 Å². The van der Waals surface area contributed by atoms with Gasteiger partial charge in [-0.3, -0.25) is 0 Å². The highest BCUT2D eigenvalue weighted by Gasteiger charge is 2.45. The van der Waals surface area contributed by atoms with Crippen LogP contribution in [0.1, 0.15) is 44.3 Å². The van der Waals surface area contributed by atoms with Gasteiger partial charge in [-0.1, -0.05) is 25.1 Å². The second kappa shape index (κ2) is 5.72. The third-order valence-corrected chi connectivity index (χ3v) is 3.78. The van der Waals surface area contributed by atoms with Gasteiger partial charge in [0, 0.05) is 12.7 Å². The summed E-state index contributed by atoms with van der Waals surface area (Å²) in [6.45, 7) is 2.74. The molecule has 1 atom stereocenters. The molecule has 1 saturated carbocycles. The Hall–Kier alpha value is -1.06. The fourth-order valence-corrected chi connectivity index (χ4v) is 2.45. The first-order valence-corrected chi connectivity index (χ1v) is 6.68. The summed E-state index contributed by atoms with van der Waals surface area (Å²) in [6, 6.07) is 7.70. The first-order valence-electron chi connectivity index (χ1n) is 6.68. The van der Waals surface area contributed by atoms with Gasteiger partial charge in [0.15, 0.2) is 0 Å². The molecule has 0 heterocycles. The molecule has 1 fully saturated rings. The SMILES string of the molecule is CCCOc1ccccc1C(O)C1(OC)CCC1. The second-order valence-electron chi connectivity index (χ2n) is 4.91. The van der Waals surface area contributed by atoms with Gasteiger partial charge in [-0.2, -0.15) is 0 Å². The quantitative estimate of drug-likeness (QED) is 0.843. The van der Waals surface area contributed by atoms with Crippen molar-refractivity contribution in [3.05, 3.63) is 29.8 Å². The predicted molar refractivity (Wildman–Crippen MR) is 70.8 cm³/mol. The van der Waals surface area contributed by atoms with Crippen LogP contribution in [0.3, 0.4) is 0 Å². The number of aliphatic hydroxyl groups excluding tert-OH is 1. The average Bonchev–Trinajstić information content (AvgIpc) is 2.36. The lowest BCUT2D eigenvalue weighted by molar-refractivity contribution is -0.152. The standard InChI is InChI=1S/C15H22O3/c1-3-11-18-13-8-5-4-7-12(13)14(16)15(17-2)9-6-10-15/h4-5,7-8,14,16H,3,6,9-11H2,1-2H3. The molecule has 1 unspecified atom stereocenters. The van der Waals surface area contributed by atoms with Crippen molar-refractivity contribution in [2.24, 2.45) is 0 Å². The van der Waals surface area contributed by atoms with Crippen molar-refractivity contribution < 1.29 is 14.6 Å². The van der Waals surface area contributed by atoms with Gasteiger partial charge in [-0.05, 0) is 31.7 Å². The average molecular weight is 250 g/mol. The van der Waals surface area contributed by atoms with Crippen molar-refractivity contribution >= 4 is 0 Å². The summed E-state index contributed by atoms with van der Waals surface area (Å²) in [5.41, 5.74) is 0.429. The van der Waals surface area contributed by atoms with E-state index in [4.69, 9.17) is 9.47 Å². The maximum atomic E-state index is 10.6. The first kappa shape index (κ1) is 13.4. The zero-order chi connectivity index (χ0) is 13.0. The van der Waals surface area contributed by atoms with Crippen LogP contribution >= 0.6 is 0 Å². The van der Waals surface area contributed by atoms with Crippen molar-refractivity contribution in [2.45, 2.75) is 44.3 Å². The number of methoxy groups -OCH3 is 1. The number of hydrogen-bond acceptors (Lipinski definition) is 3. The van der Waals surface area contributed by atoms with E-state index in [9.17, 15) is 5.11 Å². The summed E-state index contributed by atoms with van der Waals surface area (Å²) in [6.07, 6.45) is 3.28. The van der Waals surface area contributed by atoms with E-state index >= 15 is 0 Å². The Balaban J connectivity index is 2.21. The molecule has 0 amide bonds. The third kappa shape index (κ3) is 2.38. The van der Waals surface area contributed by atoms with Crippen LogP contribution in [0.2, 0.25) is 0 Å². The minimum absolute atomic E-state index is 0.411.